The molecule has 4 rings (SSSR count). The van der Waals surface area contributed by atoms with Gasteiger partial charge in [-0.05, 0) is 49.1 Å². The zero-order valence-electron chi connectivity index (χ0n) is 13.9. The number of carbonyl (C=O) groups excluding carboxylic acids is 1. The number of benzene rings is 1. The second kappa shape index (κ2) is 5.82. The van der Waals surface area contributed by atoms with Crippen molar-refractivity contribution in [2.24, 2.45) is 5.92 Å². The summed E-state index contributed by atoms with van der Waals surface area (Å²) in [7, 11) is 1.87. The van der Waals surface area contributed by atoms with Crippen LogP contribution in [0.3, 0.4) is 0 Å². The molecule has 4 heteroatoms. The van der Waals surface area contributed by atoms with Gasteiger partial charge in [0.2, 0.25) is 0 Å². The molecule has 0 unspecified atom stereocenters. The molecule has 2 fully saturated rings. The summed E-state index contributed by atoms with van der Waals surface area (Å²) in [6.45, 7) is 2.33. The molecule has 124 valence electrons. The molecule has 0 aromatic heterocycles. The van der Waals surface area contributed by atoms with Crippen LogP contribution >= 0.6 is 0 Å². The smallest absolute Gasteiger partial charge is 0.317 e. The van der Waals surface area contributed by atoms with Crippen molar-refractivity contribution in [1.82, 2.24) is 10.2 Å². The number of hydrogen-bond donors (Lipinski definition) is 1. The molecule has 23 heavy (non-hydrogen) atoms. The fourth-order valence-electron chi connectivity index (χ4n) is 4.52. The summed E-state index contributed by atoms with van der Waals surface area (Å²) in [5, 5.41) is 3.13. The molecular formula is C19H26N2O2. The first-order valence-electron chi connectivity index (χ1n) is 8.88. The predicted octanol–water partition coefficient (Wildman–Crippen LogP) is 2.71. The third kappa shape index (κ3) is 2.74. The molecule has 3 atom stereocenters. The van der Waals surface area contributed by atoms with Gasteiger partial charge in [0.05, 0.1) is 6.10 Å². The number of likely N-dealkylation sites (N-methyl/N-ethyl adjacent to an activating group) is 1. The zero-order valence-corrected chi connectivity index (χ0v) is 13.9. The lowest BCUT2D eigenvalue weighted by atomic mass is 9.95. The molecule has 3 aliphatic rings. The summed E-state index contributed by atoms with van der Waals surface area (Å²) in [6.07, 6.45) is 6.07. The second-order valence-electron chi connectivity index (χ2n) is 7.42. The van der Waals surface area contributed by atoms with E-state index in [-0.39, 0.29) is 12.1 Å². The Morgan fingerprint density at radius 3 is 3.13 bits per heavy atom. The van der Waals surface area contributed by atoms with E-state index in [0.717, 1.165) is 26.0 Å². The maximum Gasteiger partial charge on any atom is 0.317 e. The summed E-state index contributed by atoms with van der Waals surface area (Å²) < 4.78 is 5.61. The first kappa shape index (κ1) is 15.0. The van der Waals surface area contributed by atoms with Crippen molar-refractivity contribution in [3.05, 3.63) is 35.4 Å². The lowest BCUT2D eigenvalue weighted by molar-refractivity contribution is 0.0874. The van der Waals surface area contributed by atoms with Crippen LogP contribution in [0.4, 0.5) is 4.79 Å². The van der Waals surface area contributed by atoms with Gasteiger partial charge < -0.3 is 15.0 Å². The minimum atomic E-state index is 0.0360. The highest BCUT2D eigenvalue weighted by Crippen LogP contribution is 2.61. The van der Waals surface area contributed by atoms with E-state index >= 15 is 0 Å². The number of aryl methyl sites for hydroxylation is 1. The van der Waals surface area contributed by atoms with E-state index in [4.69, 9.17) is 4.74 Å². The van der Waals surface area contributed by atoms with Crippen molar-refractivity contribution in [1.29, 1.82) is 0 Å². The third-order valence-electron chi connectivity index (χ3n) is 5.97. The van der Waals surface area contributed by atoms with E-state index in [1.807, 2.05) is 7.05 Å². The van der Waals surface area contributed by atoms with Gasteiger partial charge in [0.1, 0.15) is 0 Å². The average molecular weight is 314 g/mol. The van der Waals surface area contributed by atoms with Crippen LogP contribution in [0.25, 0.3) is 0 Å². The van der Waals surface area contributed by atoms with E-state index in [0.29, 0.717) is 17.9 Å². The van der Waals surface area contributed by atoms with E-state index in [1.54, 1.807) is 4.90 Å². The van der Waals surface area contributed by atoms with Crippen LogP contribution < -0.4 is 5.32 Å². The van der Waals surface area contributed by atoms with Crippen LogP contribution in [0.2, 0.25) is 0 Å². The van der Waals surface area contributed by atoms with Crippen LogP contribution in [0.15, 0.2) is 24.3 Å². The van der Waals surface area contributed by atoms with Crippen LogP contribution in [-0.4, -0.2) is 43.8 Å². The van der Waals surface area contributed by atoms with E-state index in [2.05, 4.69) is 29.6 Å². The summed E-state index contributed by atoms with van der Waals surface area (Å²) in [5.74, 6) is 0.603. The quantitative estimate of drug-likeness (QED) is 0.928. The molecule has 1 saturated heterocycles. The van der Waals surface area contributed by atoms with Crippen LogP contribution in [0.5, 0.6) is 0 Å². The van der Waals surface area contributed by atoms with Crippen molar-refractivity contribution in [3.8, 4) is 0 Å². The average Bonchev–Trinajstić information content (AvgIpc) is 2.87. The van der Waals surface area contributed by atoms with Crippen molar-refractivity contribution in [2.45, 2.75) is 43.6 Å². The third-order valence-corrected chi connectivity index (χ3v) is 5.97. The van der Waals surface area contributed by atoms with Crippen molar-refractivity contribution >= 4 is 6.03 Å². The number of fused-ring (bicyclic) bond motifs is 2. The largest absolute Gasteiger partial charge is 0.376 e. The number of ether oxygens (including phenoxy) is 1. The Morgan fingerprint density at radius 2 is 2.30 bits per heavy atom. The molecule has 2 aliphatic carbocycles. The maximum absolute atomic E-state index is 12.3. The van der Waals surface area contributed by atoms with Crippen molar-refractivity contribution in [3.63, 3.8) is 0 Å². The van der Waals surface area contributed by atoms with Crippen LogP contribution in [0, 0.1) is 5.92 Å². The monoisotopic (exact) mass is 314 g/mol. The lowest BCUT2D eigenvalue weighted by Crippen LogP contribution is -2.42. The molecule has 0 bridgehead atoms. The second-order valence-corrected chi connectivity index (χ2v) is 7.42. The highest BCUT2D eigenvalue weighted by Gasteiger charge is 2.57. The molecule has 1 saturated carbocycles. The summed E-state index contributed by atoms with van der Waals surface area (Å²) >= 11 is 0. The van der Waals surface area contributed by atoms with E-state index < -0.39 is 0 Å². The number of hydrogen-bond acceptors (Lipinski definition) is 2. The number of rotatable bonds is 4. The molecule has 2 amide bonds. The number of nitrogens with zero attached hydrogens (tertiary/aromatic N) is 1. The van der Waals surface area contributed by atoms with E-state index in [9.17, 15) is 4.79 Å². The normalized spacial score (nSPS) is 31.2. The minimum absolute atomic E-state index is 0.0360. The van der Waals surface area contributed by atoms with Crippen LogP contribution in [0.1, 0.15) is 36.8 Å². The summed E-state index contributed by atoms with van der Waals surface area (Å²) in [5.41, 5.74) is 3.40. The topological polar surface area (TPSA) is 41.6 Å². The molecule has 1 heterocycles. The Labute approximate surface area is 138 Å². The Kier molecular flexibility index (Phi) is 3.80. The molecular weight excluding hydrogens is 288 g/mol. The standard InChI is InChI=1S/C19H26N2O2/c1-21(13-16-6-4-10-23-16)18(22)20-12-15-11-19(15)9-8-14-5-2-3-7-17(14)19/h2-3,5,7,15-16H,4,6,8-13H2,1H3,(H,20,22)/t15-,16+,19+/m1/s1. The van der Waals surface area contributed by atoms with Gasteiger partial charge in [-0.3, -0.25) is 0 Å². The van der Waals surface area contributed by atoms with Crippen molar-refractivity contribution < 1.29 is 9.53 Å². The maximum atomic E-state index is 12.3. The summed E-state index contributed by atoms with van der Waals surface area (Å²) in [4.78, 5) is 14.0. The van der Waals surface area contributed by atoms with Gasteiger partial charge in [-0.15, -0.1) is 0 Å². The highest BCUT2D eigenvalue weighted by atomic mass is 16.5. The van der Waals surface area contributed by atoms with E-state index in [1.165, 1.54) is 30.4 Å². The number of amides is 2. The SMILES string of the molecule is CN(C[C@@H]1CCCO1)C(=O)NC[C@H]1C[C@@]12CCc1ccccc12. The summed E-state index contributed by atoms with van der Waals surface area (Å²) in [6, 6.07) is 8.86. The van der Waals surface area contributed by atoms with Crippen molar-refractivity contribution in [2.75, 3.05) is 26.7 Å². The molecule has 1 N–H and O–H groups in total. The Bertz CT molecular complexity index is 597. The minimum Gasteiger partial charge on any atom is -0.376 e. The number of urea groups is 1. The first-order chi connectivity index (χ1) is 11.2. The van der Waals surface area contributed by atoms with Crippen LogP contribution in [-0.2, 0) is 16.6 Å². The molecule has 4 nitrogen and oxygen atoms in total. The van der Waals surface area contributed by atoms with Gasteiger partial charge in [0.15, 0.2) is 0 Å². The Morgan fingerprint density at radius 1 is 1.43 bits per heavy atom. The Balaban J connectivity index is 1.29. The van der Waals surface area contributed by atoms with Gasteiger partial charge in [0, 0.05) is 32.2 Å². The number of carbonyl (C=O) groups is 1. The molecule has 1 spiro atoms. The fraction of sp³-hybridized carbons (Fsp3) is 0.632. The lowest BCUT2D eigenvalue weighted by Gasteiger charge is -2.21. The number of nitrogens with one attached hydrogen (secondary N) is 1. The molecule has 0 radical (unpaired) electrons. The Hall–Kier alpha value is -1.55. The van der Waals surface area contributed by atoms with Gasteiger partial charge in [-0.1, -0.05) is 24.3 Å². The molecule has 1 aliphatic heterocycles. The predicted molar refractivity (Wildman–Crippen MR) is 89.6 cm³/mol. The first-order valence-corrected chi connectivity index (χ1v) is 8.88. The molecule has 1 aromatic rings. The zero-order chi connectivity index (χ0) is 15.9. The van der Waals surface area contributed by atoms with Gasteiger partial charge in [-0.25, -0.2) is 4.79 Å². The highest BCUT2D eigenvalue weighted by molar-refractivity contribution is 5.74. The fourth-order valence-corrected chi connectivity index (χ4v) is 4.52. The van der Waals surface area contributed by atoms with Gasteiger partial charge in [-0.2, -0.15) is 0 Å². The van der Waals surface area contributed by atoms with Gasteiger partial charge in [0.25, 0.3) is 0 Å². The molecule has 1 aromatic carbocycles. The van der Waals surface area contributed by atoms with Gasteiger partial charge >= 0.3 is 6.03 Å².